The van der Waals surface area contributed by atoms with Crippen molar-refractivity contribution in [1.82, 2.24) is 4.90 Å². The molecule has 0 aromatic heterocycles. The van der Waals surface area contributed by atoms with Gasteiger partial charge in [0.15, 0.2) is 6.61 Å². The Labute approximate surface area is 167 Å². The molecule has 4 rings (SSSR count). The van der Waals surface area contributed by atoms with Crippen LogP contribution in [0.3, 0.4) is 0 Å². The van der Waals surface area contributed by atoms with Gasteiger partial charge in [-0.05, 0) is 56.2 Å². The number of esters is 1. The van der Waals surface area contributed by atoms with E-state index in [1.54, 1.807) is 24.3 Å². The summed E-state index contributed by atoms with van der Waals surface area (Å²) in [7, 11) is 0. The van der Waals surface area contributed by atoms with E-state index < -0.39 is 24.5 Å². The molecule has 2 aliphatic carbocycles. The highest BCUT2D eigenvalue weighted by Crippen LogP contribution is 2.56. The number of benzene rings is 1. The monoisotopic (exact) mass is 404 g/mol. The van der Waals surface area contributed by atoms with E-state index in [1.807, 2.05) is 0 Å². The van der Waals surface area contributed by atoms with Crippen LogP contribution in [0.5, 0.6) is 0 Å². The summed E-state index contributed by atoms with van der Waals surface area (Å²) in [5.74, 6) is -1.90. The van der Waals surface area contributed by atoms with Crippen molar-refractivity contribution in [2.45, 2.75) is 32.2 Å². The first-order valence-electron chi connectivity index (χ1n) is 9.45. The number of hydrogen-bond acceptors (Lipinski definition) is 5. The van der Waals surface area contributed by atoms with Crippen molar-refractivity contribution in [3.63, 3.8) is 0 Å². The van der Waals surface area contributed by atoms with Gasteiger partial charge in [-0.3, -0.25) is 19.3 Å². The molecule has 1 aliphatic heterocycles. The second-order valence-electron chi connectivity index (χ2n) is 7.77. The minimum Gasteiger partial charge on any atom is -0.454 e. The van der Waals surface area contributed by atoms with E-state index >= 15 is 0 Å². The van der Waals surface area contributed by atoms with Gasteiger partial charge in [-0.25, -0.2) is 4.79 Å². The van der Waals surface area contributed by atoms with Gasteiger partial charge in [-0.2, -0.15) is 0 Å². The largest absolute Gasteiger partial charge is 0.454 e. The molecule has 8 heteroatoms. The minimum atomic E-state index is -1.04. The topological polar surface area (TPSA) is 92.8 Å². The fraction of sp³-hybridized carbons (Fsp3) is 0.500. The third-order valence-electron chi connectivity index (χ3n) is 6.14. The smallest absolute Gasteiger partial charge is 0.329 e. The quantitative estimate of drug-likeness (QED) is 0.600. The second-order valence-corrected chi connectivity index (χ2v) is 8.21. The summed E-state index contributed by atoms with van der Waals surface area (Å²) >= 11 is 5.86. The Morgan fingerprint density at radius 2 is 1.86 bits per heavy atom. The number of nitrogens with zero attached hydrogens (tertiary/aromatic N) is 1. The predicted octanol–water partition coefficient (Wildman–Crippen LogP) is 2.24. The van der Waals surface area contributed by atoms with Crippen molar-refractivity contribution in [2.24, 2.45) is 23.7 Å². The second kappa shape index (κ2) is 7.20. The Morgan fingerprint density at radius 1 is 1.21 bits per heavy atom. The molecule has 1 aromatic carbocycles. The maximum Gasteiger partial charge on any atom is 0.329 e. The molecule has 2 saturated carbocycles. The molecule has 3 fully saturated rings. The summed E-state index contributed by atoms with van der Waals surface area (Å²) in [5.41, 5.74) is 0.481. The lowest BCUT2D eigenvalue weighted by atomic mass is 9.81. The molecule has 7 nitrogen and oxygen atoms in total. The fourth-order valence-corrected chi connectivity index (χ4v) is 5.13. The van der Waals surface area contributed by atoms with Crippen molar-refractivity contribution >= 4 is 41.0 Å². The van der Waals surface area contributed by atoms with Gasteiger partial charge >= 0.3 is 5.97 Å². The van der Waals surface area contributed by atoms with E-state index in [-0.39, 0.29) is 35.5 Å². The molecule has 2 bridgehead atoms. The number of halogens is 1. The van der Waals surface area contributed by atoms with Crippen molar-refractivity contribution in [3.05, 3.63) is 29.3 Å². The molecule has 28 heavy (non-hydrogen) atoms. The molecule has 0 unspecified atom stereocenters. The molecule has 1 heterocycles. The third kappa shape index (κ3) is 3.17. The van der Waals surface area contributed by atoms with Gasteiger partial charge < -0.3 is 10.1 Å². The maximum absolute atomic E-state index is 12.7. The Balaban J connectivity index is 1.34. The van der Waals surface area contributed by atoms with E-state index in [1.165, 1.54) is 6.92 Å². The fourth-order valence-electron chi connectivity index (χ4n) is 4.94. The number of rotatable bonds is 5. The Hall–Kier alpha value is -2.41. The van der Waals surface area contributed by atoms with Gasteiger partial charge in [-0.15, -0.1) is 0 Å². The number of ether oxygens (including phenoxy) is 1. The average molecular weight is 405 g/mol. The number of fused-ring (bicyclic) bond motifs is 5. The first-order valence-corrected chi connectivity index (χ1v) is 9.83. The number of nitrogens with one attached hydrogen (secondary N) is 1. The molecular formula is C20H21ClN2O5. The van der Waals surface area contributed by atoms with Gasteiger partial charge in [0.05, 0.1) is 11.8 Å². The molecule has 3 aliphatic rings. The standard InChI is InChI=1S/C20H21ClN2O5/c1-10(20(27)28-9-15(24)22-14-4-2-3-13(21)8-14)23-18(25)16-11-5-6-12(7-11)17(16)19(23)26/h2-4,8,10-12,16-17H,5-7,9H2,1H3,(H,22,24)/t10-,11-,12+,16+,17+/m1/s1. The molecular weight excluding hydrogens is 384 g/mol. The SMILES string of the molecule is C[C@H](C(=O)OCC(=O)Nc1cccc(Cl)c1)N1C(=O)[C@H]2[C@@H]3CC[C@@H](C3)[C@@H]2C1=O. The number of amides is 3. The van der Waals surface area contributed by atoms with E-state index in [9.17, 15) is 19.2 Å². The zero-order valence-corrected chi connectivity index (χ0v) is 16.1. The zero-order chi connectivity index (χ0) is 20.0. The number of hydrogen-bond donors (Lipinski definition) is 1. The van der Waals surface area contributed by atoms with Crippen molar-refractivity contribution in [2.75, 3.05) is 11.9 Å². The lowest BCUT2D eigenvalue weighted by molar-refractivity contribution is -0.159. The van der Waals surface area contributed by atoms with Crippen LogP contribution in [-0.4, -0.2) is 41.2 Å². The van der Waals surface area contributed by atoms with E-state index in [0.717, 1.165) is 24.2 Å². The van der Waals surface area contributed by atoms with Crippen LogP contribution in [0.4, 0.5) is 5.69 Å². The van der Waals surface area contributed by atoms with Crippen LogP contribution >= 0.6 is 11.6 Å². The van der Waals surface area contributed by atoms with Crippen LogP contribution in [0.15, 0.2) is 24.3 Å². The van der Waals surface area contributed by atoms with Gasteiger partial charge in [0.1, 0.15) is 6.04 Å². The maximum atomic E-state index is 12.7. The van der Waals surface area contributed by atoms with Crippen LogP contribution in [0, 0.1) is 23.7 Å². The molecule has 0 radical (unpaired) electrons. The summed E-state index contributed by atoms with van der Waals surface area (Å²) in [6.45, 7) is 0.958. The summed E-state index contributed by atoms with van der Waals surface area (Å²) < 4.78 is 5.04. The number of carbonyl (C=O) groups excluding carboxylic acids is 4. The van der Waals surface area contributed by atoms with Crippen LogP contribution in [0.1, 0.15) is 26.2 Å². The predicted molar refractivity (Wildman–Crippen MR) is 100 cm³/mol. The molecule has 1 N–H and O–H groups in total. The Bertz CT molecular complexity index is 829. The van der Waals surface area contributed by atoms with Crippen LogP contribution in [-0.2, 0) is 23.9 Å². The van der Waals surface area contributed by atoms with Crippen LogP contribution < -0.4 is 5.32 Å². The zero-order valence-electron chi connectivity index (χ0n) is 15.4. The minimum absolute atomic E-state index is 0.253. The third-order valence-corrected chi connectivity index (χ3v) is 6.38. The molecule has 1 saturated heterocycles. The van der Waals surface area contributed by atoms with E-state index in [2.05, 4.69) is 5.32 Å². The normalized spacial score (nSPS) is 29.0. The van der Waals surface area contributed by atoms with Crippen LogP contribution in [0.2, 0.25) is 5.02 Å². The van der Waals surface area contributed by atoms with Crippen molar-refractivity contribution in [3.8, 4) is 0 Å². The highest BCUT2D eigenvalue weighted by atomic mass is 35.5. The number of likely N-dealkylation sites (tertiary alicyclic amines) is 1. The average Bonchev–Trinajstić information content (AvgIpc) is 3.33. The van der Waals surface area contributed by atoms with E-state index in [4.69, 9.17) is 16.3 Å². The molecule has 3 amide bonds. The number of carbonyl (C=O) groups is 4. The summed E-state index contributed by atoms with van der Waals surface area (Å²) in [5, 5.41) is 3.03. The lowest BCUT2D eigenvalue weighted by Gasteiger charge is -2.23. The highest BCUT2D eigenvalue weighted by molar-refractivity contribution is 6.30. The summed E-state index contributed by atoms with van der Waals surface area (Å²) in [6, 6.07) is 5.54. The van der Waals surface area contributed by atoms with Crippen LogP contribution in [0.25, 0.3) is 0 Å². The molecule has 5 atom stereocenters. The van der Waals surface area contributed by atoms with E-state index in [0.29, 0.717) is 10.7 Å². The van der Waals surface area contributed by atoms with Crippen molar-refractivity contribution in [1.29, 1.82) is 0 Å². The van der Waals surface area contributed by atoms with Gasteiger partial charge in [0, 0.05) is 10.7 Å². The summed E-state index contributed by atoms with van der Waals surface area (Å²) in [6.07, 6.45) is 2.88. The molecule has 1 aromatic rings. The Kier molecular flexibility index (Phi) is 4.87. The molecule has 148 valence electrons. The van der Waals surface area contributed by atoms with Gasteiger partial charge in [0.2, 0.25) is 11.8 Å². The van der Waals surface area contributed by atoms with Gasteiger partial charge in [0.25, 0.3) is 5.91 Å². The Morgan fingerprint density at radius 3 is 2.46 bits per heavy atom. The van der Waals surface area contributed by atoms with Gasteiger partial charge in [-0.1, -0.05) is 17.7 Å². The lowest BCUT2D eigenvalue weighted by Crippen LogP contribution is -2.45. The highest BCUT2D eigenvalue weighted by Gasteiger charge is 2.62. The number of imide groups is 1. The first-order chi connectivity index (χ1) is 13.4. The van der Waals surface area contributed by atoms with Crippen molar-refractivity contribution < 1.29 is 23.9 Å². The first kappa shape index (κ1) is 18.9. The summed E-state index contributed by atoms with van der Waals surface area (Å²) in [4.78, 5) is 50.9. The number of anilines is 1. The molecule has 0 spiro atoms.